The highest BCUT2D eigenvalue weighted by Gasteiger charge is 2.38. The van der Waals surface area contributed by atoms with Gasteiger partial charge in [-0.1, -0.05) is 12.1 Å². The van der Waals surface area contributed by atoms with E-state index in [1.54, 1.807) is 28.9 Å². The lowest BCUT2D eigenvalue weighted by molar-refractivity contribution is -0.139. The molecule has 10 heteroatoms. The lowest BCUT2D eigenvalue weighted by Crippen LogP contribution is -2.51. The Morgan fingerprint density at radius 2 is 1.85 bits per heavy atom. The molecule has 1 aromatic rings. The Hall–Kier alpha value is -3.14. The number of hydrogen-bond donors (Lipinski definition) is 2. The molecule has 34 heavy (non-hydrogen) atoms. The van der Waals surface area contributed by atoms with Crippen molar-refractivity contribution in [2.24, 2.45) is 0 Å². The van der Waals surface area contributed by atoms with Crippen LogP contribution in [-0.4, -0.2) is 85.2 Å². The number of hydrogen-bond acceptors (Lipinski definition) is 5. The second-order valence-electron chi connectivity index (χ2n) is 8.21. The number of halogens is 1. The fourth-order valence-electron chi connectivity index (χ4n) is 4.37. The molecule has 0 bridgehead atoms. The van der Waals surface area contributed by atoms with Crippen molar-refractivity contribution in [1.29, 1.82) is 0 Å². The van der Waals surface area contributed by atoms with E-state index >= 15 is 0 Å². The molecule has 4 amide bonds. The zero-order valence-electron chi connectivity index (χ0n) is 20.1. The first-order valence-corrected chi connectivity index (χ1v) is 11.9. The van der Waals surface area contributed by atoms with Crippen LogP contribution in [0, 0.1) is 5.82 Å². The summed E-state index contributed by atoms with van der Waals surface area (Å²) >= 11 is 0. The Balaban J connectivity index is 1.95. The zero-order chi connectivity index (χ0) is 24.7. The number of benzene rings is 1. The third-order valence-electron chi connectivity index (χ3n) is 6.03. The molecule has 186 valence electrons. The Morgan fingerprint density at radius 3 is 2.50 bits per heavy atom. The standard InChI is InChI=1S/C24H34FN5O4/c1-4-26-23(32)29-13-7-12-28(14-15-29)16-19-20(22(31)34-6-3)21(27-24(33)30(19)5-2)17-8-10-18(25)11-9-17/h8-11,21H,4-7,12-16H2,1-3H3,(H,26,32)(H,27,33)/t21-/m0/s1. The Morgan fingerprint density at radius 1 is 1.12 bits per heavy atom. The molecular weight excluding hydrogens is 441 g/mol. The van der Waals surface area contributed by atoms with E-state index in [9.17, 15) is 18.8 Å². The number of esters is 1. The average molecular weight is 476 g/mol. The SMILES string of the molecule is CCNC(=O)N1CCCN(CC2=C(C(=O)OCC)[C@H](c3ccc(F)cc3)NC(=O)N2CC)CC1. The van der Waals surface area contributed by atoms with Crippen LogP contribution in [0.25, 0.3) is 0 Å². The van der Waals surface area contributed by atoms with Gasteiger partial charge in [-0.25, -0.2) is 18.8 Å². The van der Waals surface area contributed by atoms with E-state index < -0.39 is 17.8 Å². The van der Waals surface area contributed by atoms with E-state index in [0.717, 1.165) is 13.0 Å². The molecule has 1 fully saturated rings. The Bertz CT molecular complexity index is 920. The highest BCUT2D eigenvalue weighted by atomic mass is 19.1. The lowest BCUT2D eigenvalue weighted by Gasteiger charge is -2.38. The molecule has 1 atom stereocenters. The van der Waals surface area contributed by atoms with Crippen molar-refractivity contribution in [1.82, 2.24) is 25.3 Å². The van der Waals surface area contributed by atoms with Gasteiger partial charge in [-0.15, -0.1) is 0 Å². The molecule has 0 aliphatic carbocycles. The first-order chi connectivity index (χ1) is 16.4. The first kappa shape index (κ1) is 25.5. The second kappa shape index (κ2) is 11.8. The summed E-state index contributed by atoms with van der Waals surface area (Å²) < 4.78 is 18.9. The molecule has 3 rings (SSSR count). The summed E-state index contributed by atoms with van der Waals surface area (Å²) in [5.41, 5.74) is 1.52. The van der Waals surface area contributed by atoms with Gasteiger partial charge in [0, 0.05) is 51.5 Å². The van der Waals surface area contributed by atoms with E-state index in [-0.39, 0.29) is 18.7 Å². The molecule has 0 saturated carbocycles. The van der Waals surface area contributed by atoms with Gasteiger partial charge in [-0.05, 0) is 44.9 Å². The predicted molar refractivity (Wildman–Crippen MR) is 125 cm³/mol. The van der Waals surface area contributed by atoms with Crippen molar-refractivity contribution in [2.45, 2.75) is 33.2 Å². The summed E-state index contributed by atoms with van der Waals surface area (Å²) in [6.07, 6.45) is 0.777. The van der Waals surface area contributed by atoms with Gasteiger partial charge in [0.05, 0.1) is 18.2 Å². The largest absolute Gasteiger partial charge is 0.463 e. The second-order valence-corrected chi connectivity index (χ2v) is 8.21. The van der Waals surface area contributed by atoms with Gasteiger partial charge < -0.3 is 20.3 Å². The van der Waals surface area contributed by atoms with Crippen molar-refractivity contribution in [3.8, 4) is 0 Å². The zero-order valence-corrected chi connectivity index (χ0v) is 20.1. The minimum atomic E-state index is -0.747. The Labute approximate surface area is 199 Å². The molecule has 2 aliphatic rings. The van der Waals surface area contributed by atoms with Gasteiger partial charge in [0.15, 0.2) is 0 Å². The monoisotopic (exact) mass is 475 g/mol. The van der Waals surface area contributed by atoms with Gasteiger partial charge in [0.2, 0.25) is 0 Å². The van der Waals surface area contributed by atoms with Crippen molar-refractivity contribution in [3.63, 3.8) is 0 Å². The maximum atomic E-state index is 13.5. The first-order valence-electron chi connectivity index (χ1n) is 11.9. The average Bonchev–Trinajstić information content (AvgIpc) is 3.05. The summed E-state index contributed by atoms with van der Waals surface area (Å²) in [6.45, 7) is 9.47. The maximum absolute atomic E-state index is 13.5. The summed E-state index contributed by atoms with van der Waals surface area (Å²) in [7, 11) is 0. The number of likely N-dealkylation sites (N-methyl/N-ethyl adjacent to an activating group) is 1. The molecule has 2 N–H and O–H groups in total. The van der Waals surface area contributed by atoms with Crippen molar-refractivity contribution in [2.75, 3.05) is 52.4 Å². The number of carbonyl (C=O) groups excluding carboxylic acids is 3. The molecule has 0 unspecified atom stereocenters. The summed E-state index contributed by atoms with van der Waals surface area (Å²) in [5, 5.41) is 5.72. The number of nitrogens with zero attached hydrogens (tertiary/aromatic N) is 3. The molecule has 0 radical (unpaired) electrons. The van der Waals surface area contributed by atoms with Crippen LogP contribution < -0.4 is 10.6 Å². The van der Waals surface area contributed by atoms with E-state index in [1.165, 1.54) is 12.1 Å². The van der Waals surface area contributed by atoms with Gasteiger partial charge >= 0.3 is 18.0 Å². The van der Waals surface area contributed by atoms with E-state index in [0.29, 0.717) is 56.1 Å². The van der Waals surface area contributed by atoms with Crippen molar-refractivity contribution < 1.29 is 23.5 Å². The molecule has 2 aliphatic heterocycles. The number of ether oxygens (including phenoxy) is 1. The summed E-state index contributed by atoms with van der Waals surface area (Å²) in [6, 6.07) is 4.59. The molecule has 0 aromatic heterocycles. The van der Waals surface area contributed by atoms with Crippen LogP contribution in [0.3, 0.4) is 0 Å². The van der Waals surface area contributed by atoms with Gasteiger partial charge in [-0.2, -0.15) is 0 Å². The van der Waals surface area contributed by atoms with Crippen LogP contribution >= 0.6 is 0 Å². The van der Waals surface area contributed by atoms with Crippen LogP contribution in [0.2, 0.25) is 0 Å². The van der Waals surface area contributed by atoms with Crippen LogP contribution in [0.1, 0.15) is 38.8 Å². The van der Waals surface area contributed by atoms with Crippen molar-refractivity contribution >= 4 is 18.0 Å². The Kier molecular flexibility index (Phi) is 8.86. The van der Waals surface area contributed by atoms with E-state index in [2.05, 4.69) is 15.5 Å². The van der Waals surface area contributed by atoms with Gasteiger partial charge in [0.25, 0.3) is 0 Å². The number of nitrogens with one attached hydrogen (secondary N) is 2. The maximum Gasteiger partial charge on any atom is 0.338 e. The smallest absolute Gasteiger partial charge is 0.338 e. The molecular formula is C24H34FN5O4. The molecule has 9 nitrogen and oxygen atoms in total. The topological polar surface area (TPSA) is 94.2 Å². The van der Waals surface area contributed by atoms with Crippen LogP contribution in [0.4, 0.5) is 14.0 Å². The minimum absolute atomic E-state index is 0.0839. The minimum Gasteiger partial charge on any atom is -0.463 e. The van der Waals surface area contributed by atoms with Crippen LogP contribution in [0.15, 0.2) is 35.5 Å². The summed E-state index contributed by atoms with van der Waals surface area (Å²) in [4.78, 5) is 43.9. The fourth-order valence-corrected chi connectivity index (χ4v) is 4.37. The third kappa shape index (κ3) is 5.85. The lowest BCUT2D eigenvalue weighted by atomic mass is 9.94. The van der Waals surface area contributed by atoms with Crippen LogP contribution in [-0.2, 0) is 9.53 Å². The number of urea groups is 2. The summed E-state index contributed by atoms with van der Waals surface area (Å²) in [5.74, 6) is -0.909. The van der Waals surface area contributed by atoms with Gasteiger partial charge in [-0.3, -0.25) is 9.80 Å². The number of carbonyl (C=O) groups is 3. The van der Waals surface area contributed by atoms with Gasteiger partial charge in [0.1, 0.15) is 5.82 Å². The molecule has 2 heterocycles. The highest BCUT2D eigenvalue weighted by Crippen LogP contribution is 2.32. The molecule has 1 saturated heterocycles. The van der Waals surface area contributed by atoms with E-state index in [1.807, 2.05) is 13.8 Å². The third-order valence-corrected chi connectivity index (χ3v) is 6.03. The fraction of sp³-hybridized carbons (Fsp3) is 0.542. The van der Waals surface area contributed by atoms with E-state index in [4.69, 9.17) is 4.74 Å². The number of amides is 4. The number of rotatable bonds is 7. The van der Waals surface area contributed by atoms with Crippen LogP contribution in [0.5, 0.6) is 0 Å². The highest BCUT2D eigenvalue weighted by molar-refractivity contribution is 5.95. The normalized spacial score (nSPS) is 19.5. The quantitative estimate of drug-likeness (QED) is 0.591. The predicted octanol–water partition coefficient (Wildman–Crippen LogP) is 2.47. The van der Waals surface area contributed by atoms with Crippen molar-refractivity contribution in [3.05, 3.63) is 46.9 Å². The molecule has 0 spiro atoms. The molecule has 1 aromatic carbocycles.